The summed E-state index contributed by atoms with van der Waals surface area (Å²) in [4.78, 5) is 25.7. The molecule has 0 unspecified atom stereocenters. The summed E-state index contributed by atoms with van der Waals surface area (Å²) < 4.78 is 0. The maximum atomic E-state index is 11.8. The Morgan fingerprint density at radius 2 is 2.06 bits per heavy atom. The van der Waals surface area contributed by atoms with Crippen molar-refractivity contribution >= 4 is 16.7 Å². The van der Waals surface area contributed by atoms with Gasteiger partial charge >= 0.3 is 0 Å². The van der Waals surface area contributed by atoms with Crippen LogP contribution in [-0.4, -0.2) is 10.8 Å². The Kier molecular flexibility index (Phi) is 3.60. The quantitative estimate of drug-likeness (QED) is 0.897. The van der Waals surface area contributed by atoms with Gasteiger partial charge in [0.1, 0.15) is 5.78 Å². The van der Waals surface area contributed by atoms with Crippen LogP contribution in [-0.2, 0) is 17.6 Å². The highest BCUT2D eigenvalue weighted by atomic mass is 16.1. The largest absolute Gasteiger partial charge is 0.322 e. The van der Waals surface area contributed by atoms with Crippen LogP contribution < -0.4 is 5.56 Å². The number of nitrogens with one attached hydrogen (secondary N) is 1. The molecule has 0 aliphatic heterocycles. The molecule has 0 bridgehead atoms. The topological polar surface area (TPSA) is 49.9 Å². The van der Waals surface area contributed by atoms with E-state index in [1.165, 1.54) is 5.56 Å². The van der Waals surface area contributed by atoms with Crippen molar-refractivity contribution in [1.29, 1.82) is 0 Å². The Bertz CT molecular complexity index is 640. The molecule has 0 spiro atoms. The van der Waals surface area contributed by atoms with Gasteiger partial charge in [0.15, 0.2) is 0 Å². The molecule has 0 saturated heterocycles. The molecule has 1 aromatic heterocycles. The molecule has 3 heteroatoms. The molecule has 2 aromatic rings. The SMILES string of the molecule is CCc1ccc2[nH]c(=O)c(CCC(C)=O)cc2c1. The predicted octanol–water partition coefficient (Wildman–Crippen LogP) is 2.61. The van der Waals surface area contributed by atoms with Crippen molar-refractivity contribution < 1.29 is 4.79 Å². The van der Waals surface area contributed by atoms with Crippen molar-refractivity contribution in [2.45, 2.75) is 33.1 Å². The Morgan fingerprint density at radius 1 is 1.28 bits per heavy atom. The summed E-state index contributed by atoms with van der Waals surface area (Å²) in [6.07, 6.45) is 1.90. The van der Waals surface area contributed by atoms with Crippen LogP contribution in [0, 0.1) is 0 Å². The predicted molar refractivity (Wildman–Crippen MR) is 72.9 cm³/mol. The summed E-state index contributed by atoms with van der Waals surface area (Å²) in [7, 11) is 0. The second-order valence-electron chi connectivity index (χ2n) is 4.60. The minimum Gasteiger partial charge on any atom is -0.322 e. The number of carbonyl (C=O) groups excluding carboxylic acids is 1. The fourth-order valence-electron chi connectivity index (χ4n) is 2.02. The molecule has 3 nitrogen and oxygen atoms in total. The Balaban J connectivity index is 2.44. The fraction of sp³-hybridized carbons (Fsp3) is 0.333. The van der Waals surface area contributed by atoms with E-state index in [9.17, 15) is 9.59 Å². The second-order valence-corrected chi connectivity index (χ2v) is 4.60. The molecule has 2 rings (SSSR count). The highest BCUT2D eigenvalue weighted by Crippen LogP contribution is 2.14. The third kappa shape index (κ3) is 2.67. The average molecular weight is 243 g/mol. The van der Waals surface area contributed by atoms with E-state index < -0.39 is 0 Å². The number of carbonyl (C=O) groups is 1. The van der Waals surface area contributed by atoms with Gasteiger partial charge in [0.05, 0.1) is 0 Å². The molecule has 1 N–H and O–H groups in total. The van der Waals surface area contributed by atoms with Crippen molar-refractivity contribution in [3.8, 4) is 0 Å². The van der Waals surface area contributed by atoms with E-state index >= 15 is 0 Å². The number of aromatic amines is 1. The van der Waals surface area contributed by atoms with E-state index in [0.717, 1.165) is 17.3 Å². The van der Waals surface area contributed by atoms with Gasteiger partial charge in [-0.1, -0.05) is 13.0 Å². The van der Waals surface area contributed by atoms with Gasteiger partial charge in [-0.25, -0.2) is 0 Å². The first-order chi connectivity index (χ1) is 8.60. The molecule has 1 aromatic carbocycles. The summed E-state index contributed by atoms with van der Waals surface area (Å²) in [5.74, 6) is 0.108. The minimum atomic E-state index is -0.0898. The zero-order valence-electron chi connectivity index (χ0n) is 10.7. The van der Waals surface area contributed by atoms with Crippen LogP contribution in [0.4, 0.5) is 0 Å². The lowest BCUT2D eigenvalue weighted by atomic mass is 10.0. The fourth-order valence-corrected chi connectivity index (χ4v) is 2.02. The van der Waals surface area contributed by atoms with E-state index in [1.54, 1.807) is 6.92 Å². The van der Waals surface area contributed by atoms with Gasteiger partial charge in [0, 0.05) is 17.5 Å². The number of Topliss-reactive ketones (excluding diaryl/α,β-unsaturated/α-hetero) is 1. The van der Waals surface area contributed by atoms with Crippen LogP contribution >= 0.6 is 0 Å². The monoisotopic (exact) mass is 243 g/mol. The number of aryl methyl sites for hydroxylation is 2. The van der Waals surface area contributed by atoms with Crippen LogP contribution in [0.25, 0.3) is 10.9 Å². The first kappa shape index (κ1) is 12.6. The Morgan fingerprint density at radius 3 is 2.72 bits per heavy atom. The van der Waals surface area contributed by atoms with E-state index in [0.29, 0.717) is 18.4 Å². The van der Waals surface area contributed by atoms with Crippen molar-refractivity contribution in [1.82, 2.24) is 4.98 Å². The van der Waals surface area contributed by atoms with Gasteiger partial charge in [-0.2, -0.15) is 0 Å². The molecule has 0 fully saturated rings. The Hall–Kier alpha value is -1.90. The zero-order chi connectivity index (χ0) is 13.1. The number of hydrogen-bond donors (Lipinski definition) is 1. The smallest absolute Gasteiger partial charge is 0.251 e. The molecule has 1 heterocycles. The minimum absolute atomic E-state index is 0.0898. The number of pyridine rings is 1. The van der Waals surface area contributed by atoms with Crippen LogP contribution in [0.1, 0.15) is 31.4 Å². The van der Waals surface area contributed by atoms with Crippen molar-refractivity contribution in [3.05, 3.63) is 45.7 Å². The van der Waals surface area contributed by atoms with Crippen molar-refractivity contribution in [3.63, 3.8) is 0 Å². The van der Waals surface area contributed by atoms with Gasteiger partial charge in [-0.3, -0.25) is 4.79 Å². The first-order valence-electron chi connectivity index (χ1n) is 6.24. The lowest BCUT2D eigenvalue weighted by Crippen LogP contribution is -2.13. The van der Waals surface area contributed by atoms with Crippen LogP contribution in [0.15, 0.2) is 29.1 Å². The Labute approximate surface area is 106 Å². The number of rotatable bonds is 4. The van der Waals surface area contributed by atoms with E-state index in [-0.39, 0.29) is 11.3 Å². The second kappa shape index (κ2) is 5.17. The van der Waals surface area contributed by atoms with Crippen LogP contribution in [0.5, 0.6) is 0 Å². The van der Waals surface area contributed by atoms with E-state index in [2.05, 4.69) is 18.0 Å². The van der Waals surface area contributed by atoms with Gasteiger partial charge in [-0.15, -0.1) is 0 Å². The molecule has 0 radical (unpaired) electrons. The summed E-state index contributed by atoms with van der Waals surface area (Å²) >= 11 is 0. The number of ketones is 1. The van der Waals surface area contributed by atoms with Crippen LogP contribution in [0.3, 0.4) is 0 Å². The number of aromatic nitrogens is 1. The maximum Gasteiger partial charge on any atom is 0.251 e. The standard InChI is InChI=1S/C15H17NO2/c1-3-11-5-7-14-13(8-11)9-12(15(18)16-14)6-4-10(2)17/h5,7-9H,3-4,6H2,1-2H3,(H,16,18). The average Bonchev–Trinajstić information content (AvgIpc) is 2.35. The molecule has 0 atom stereocenters. The lowest BCUT2D eigenvalue weighted by molar-refractivity contribution is -0.116. The normalized spacial score (nSPS) is 10.8. The van der Waals surface area contributed by atoms with Crippen LogP contribution in [0.2, 0.25) is 0 Å². The lowest BCUT2D eigenvalue weighted by Gasteiger charge is -2.04. The number of benzene rings is 1. The van der Waals surface area contributed by atoms with Gasteiger partial charge in [-0.05, 0) is 48.9 Å². The highest BCUT2D eigenvalue weighted by Gasteiger charge is 2.05. The number of fused-ring (bicyclic) bond motifs is 1. The molecule has 0 saturated carbocycles. The summed E-state index contributed by atoms with van der Waals surface area (Å²) in [5, 5.41) is 1.03. The molecular weight excluding hydrogens is 226 g/mol. The number of hydrogen-bond acceptors (Lipinski definition) is 2. The molecule has 0 aliphatic carbocycles. The summed E-state index contributed by atoms with van der Waals surface area (Å²) in [6.45, 7) is 3.65. The molecule has 18 heavy (non-hydrogen) atoms. The van der Waals surface area contributed by atoms with Gasteiger partial charge in [0.2, 0.25) is 0 Å². The van der Waals surface area contributed by atoms with E-state index in [1.807, 2.05) is 18.2 Å². The summed E-state index contributed by atoms with van der Waals surface area (Å²) in [6, 6.07) is 7.94. The maximum absolute atomic E-state index is 11.8. The van der Waals surface area contributed by atoms with Crippen molar-refractivity contribution in [2.75, 3.05) is 0 Å². The molecule has 0 amide bonds. The third-order valence-electron chi connectivity index (χ3n) is 3.14. The third-order valence-corrected chi connectivity index (χ3v) is 3.14. The molecular formula is C15H17NO2. The van der Waals surface area contributed by atoms with E-state index in [4.69, 9.17) is 0 Å². The highest BCUT2D eigenvalue weighted by molar-refractivity contribution is 5.80. The zero-order valence-corrected chi connectivity index (χ0v) is 10.7. The number of H-pyrrole nitrogens is 1. The molecule has 0 aliphatic rings. The summed E-state index contributed by atoms with van der Waals surface area (Å²) in [5.41, 5.74) is 2.69. The molecule has 94 valence electrons. The van der Waals surface area contributed by atoms with Crippen molar-refractivity contribution in [2.24, 2.45) is 0 Å². The van der Waals surface area contributed by atoms with Gasteiger partial charge < -0.3 is 9.78 Å². The first-order valence-corrected chi connectivity index (χ1v) is 6.24. The van der Waals surface area contributed by atoms with Gasteiger partial charge in [0.25, 0.3) is 5.56 Å².